The lowest BCUT2D eigenvalue weighted by molar-refractivity contribution is 0.103. The van der Waals surface area contributed by atoms with Crippen LogP contribution in [0.25, 0.3) is 10.9 Å². The molecule has 0 bridgehead atoms. The van der Waals surface area contributed by atoms with Gasteiger partial charge in [-0.25, -0.2) is 0 Å². The third-order valence-corrected chi connectivity index (χ3v) is 9.17. The van der Waals surface area contributed by atoms with Crippen molar-refractivity contribution in [3.05, 3.63) is 35.5 Å². The van der Waals surface area contributed by atoms with E-state index in [0.29, 0.717) is 10.1 Å². The van der Waals surface area contributed by atoms with Crippen LogP contribution in [-0.4, -0.2) is 38.1 Å². The van der Waals surface area contributed by atoms with Crippen molar-refractivity contribution in [2.24, 2.45) is 0 Å². The second-order valence-corrected chi connectivity index (χ2v) is 9.94. The first-order valence-electron chi connectivity index (χ1n) is 8.32. The van der Waals surface area contributed by atoms with Gasteiger partial charge in [0.05, 0.1) is 16.2 Å². The van der Waals surface area contributed by atoms with Crippen molar-refractivity contribution >= 4 is 34.4 Å². The molecule has 0 radical (unpaired) electrons. The Labute approximate surface area is 144 Å². The molecule has 0 aliphatic carbocycles. The number of fused-ring (bicyclic) bond motifs is 5. The number of hydrogen-bond acceptors (Lipinski definition) is 4. The lowest BCUT2D eigenvalue weighted by Crippen LogP contribution is -2.50. The van der Waals surface area contributed by atoms with Gasteiger partial charge in [-0.3, -0.25) is 4.90 Å². The van der Waals surface area contributed by atoms with Crippen LogP contribution in [0.15, 0.2) is 24.3 Å². The lowest BCUT2D eigenvalue weighted by Gasteiger charge is -2.48. The molecule has 2 fully saturated rings. The second kappa shape index (κ2) is 5.20. The molecule has 3 nitrogen and oxygen atoms in total. The fraction of sp³-hybridized carbons (Fsp3) is 0.500. The van der Waals surface area contributed by atoms with E-state index in [1.807, 2.05) is 0 Å². The van der Waals surface area contributed by atoms with E-state index in [-0.39, 0.29) is 6.04 Å². The summed E-state index contributed by atoms with van der Waals surface area (Å²) in [5.74, 6) is 2.55. The fourth-order valence-corrected chi connectivity index (χ4v) is 7.79. The number of hydrogen-bond donors (Lipinski definition) is 1. The monoisotopic (exact) mass is 341 g/mol. The van der Waals surface area contributed by atoms with Gasteiger partial charge in [-0.2, -0.15) is 5.26 Å². The number of para-hydroxylation sites is 1. The number of H-pyrrole nitrogens is 1. The van der Waals surface area contributed by atoms with E-state index in [2.05, 4.69) is 63.7 Å². The highest BCUT2D eigenvalue weighted by atomic mass is 32.2. The maximum Gasteiger partial charge on any atom is 0.102 e. The van der Waals surface area contributed by atoms with Crippen LogP contribution in [-0.2, 0) is 6.42 Å². The van der Waals surface area contributed by atoms with Crippen LogP contribution in [0.1, 0.15) is 30.1 Å². The zero-order valence-corrected chi connectivity index (χ0v) is 14.6. The molecule has 3 aliphatic heterocycles. The quantitative estimate of drug-likeness (QED) is 0.788. The van der Waals surface area contributed by atoms with Gasteiger partial charge in [-0.1, -0.05) is 18.2 Å². The molecule has 1 N–H and O–H groups in total. The number of aromatic amines is 1. The summed E-state index contributed by atoms with van der Waals surface area (Å²) in [5.41, 5.74) is 3.99. The maximum absolute atomic E-state index is 9.71. The van der Waals surface area contributed by atoms with E-state index >= 15 is 0 Å². The molecule has 2 saturated heterocycles. The predicted molar refractivity (Wildman–Crippen MR) is 97.7 cm³/mol. The second-order valence-electron chi connectivity index (χ2n) is 6.73. The van der Waals surface area contributed by atoms with Crippen molar-refractivity contribution in [1.82, 2.24) is 9.88 Å². The topological polar surface area (TPSA) is 42.8 Å². The minimum Gasteiger partial charge on any atom is -0.357 e. The normalized spacial score (nSPS) is 29.3. The number of benzene rings is 1. The van der Waals surface area contributed by atoms with Crippen LogP contribution < -0.4 is 0 Å². The van der Waals surface area contributed by atoms with Gasteiger partial charge in [-0.15, -0.1) is 23.5 Å². The molecule has 1 aromatic carbocycles. The largest absolute Gasteiger partial charge is 0.357 e. The average molecular weight is 342 g/mol. The average Bonchev–Trinajstić information content (AvgIpc) is 3.19. The fourth-order valence-electron chi connectivity index (χ4n) is 4.52. The number of nitrogens with zero attached hydrogens (tertiary/aromatic N) is 2. The Kier molecular flexibility index (Phi) is 3.23. The Morgan fingerprint density at radius 2 is 2.09 bits per heavy atom. The zero-order chi connectivity index (χ0) is 15.4. The molecular formula is C18H19N3S2. The van der Waals surface area contributed by atoms with E-state index in [9.17, 15) is 5.26 Å². The van der Waals surface area contributed by atoms with Gasteiger partial charge in [0, 0.05) is 41.1 Å². The summed E-state index contributed by atoms with van der Waals surface area (Å²) < 4.78 is 0.382. The summed E-state index contributed by atoms with van der Waals surface area (Å²) in [6, 6.07) is 11.5. The number of aromatic nitrogens is 1. The molecule has 1 aromatic heterocycles. The molecule has 5 heteroatoms. The molecule has 23 heavy (non-hydrogen) atoms. The lowest BCUT2D eigenvalue weighted by atomic mass is 9.86. The number of thioether (sulfide) groups is 2. The van der Waals surface area contributed by atoms with Crippen LogP contribution in [0.4, 0.5) is 0 Å². The molecule has 1 spiro atoms. The summed E-state index contributed by atoms with van der Waals surface area (Å²) in [7, 11) is 0. The molecule has 5 rings (SSSR count). The Morgan fingerprint density at radius 1 is 1.26 bits per heavy atom. The van der Waals surface area contributed by atoms with Crippen molar-refractivity contribution in [3.8, 4) is 6.07 Å². The van der Waals surface area contributed by atoms with Gasteiger partial charge in [0.15, 0.2) is 0 Å². The van der Waals surface area contributed by atoms with Gasteiger partial charge < -0.3 is 4.98 Å². The smallest absolute Gasteiger partial charge is 0.102 e. The summed E-state index contributed by atoms with van der Waals surface area (Å²) >= 11 is 4.30. The van der Waals surface area contributed by atoms with Crippen LogP contribution in [0.5, 0.6) is 0 Å². The minimum atomic E-state index is 0.0282. The van der Waals surface area contributed by atoms with Gasteiger partial charge in [-0.05, 0) is 24.5 Å². The molecule has 3 aliphatic rings. The highest BCUT2D eigenvalue weighted by Gasteiger charge is 2.48. The molecule has 118 valence electrons. The standard InChI is InChI=1S/C18H19N3S2/c19-11-12-9-14-13-3-1-2-4-15(13)20-17(14)16-10-18(5-6-21(12)16)22-7-8-23-18/h1-4,12,16,20H,5-10H2/t12-,16+/m0/s1. The summed E-state index contributed by atoms with van der Waals surface area (Å²) in [5, 5.41) is 11.0. The number of piperidine rings is 1. The molecule has 4 heterocycles. The van der Waals surface area contributed by atoms with Gasteiger partial charge in [0.25, 0.3) is 0 Å². The van der Waals surface area contributed by atoms with Crippen molar-refractivity contribution in [2.45, 2.75) is 35.4 Å². The van der Waals surface area contributed by atoms with E-state index < -0.39 is 0 Å². The Bertz CT molecular complexity index is 800. The zero-order valence-electron chi connectivity index (χ0n) is 12.9. The number of nitrogens with one attached hydrogen (secondary N) is 1. The first-order valence-corrected chi connectivity index (χ1v) is 10.3. The summed E-state index contributed by atoms with van der Waals surface area (Å²) in [4.78, 5) is 6.16. The minimum absolute atomic E-state index is 0.0282. The van der Waals surface area contributed by atoms with Gasteiger partial charge >= 0.3 is 0 Å². The highest BCUT2D eigenvalue weighted by molar-refractivity contribution is 8.21. The molecular weight excluding hydrogens is 322 g/mol. The van der Waals surface area contributed by atoms with Crippen molar-refractivity contribution in [1.29, 1.82) is 5.26 Å². The van der Waals surface area contributed by atoms with Crippen LogP contribution in [0.3, 0.4) is 0 Å². The van der Waals surface area contributed by atoms with Crippen molar-refractivity contribution < 1.29 is 0 Å². The van der Waals surface area contributed by atoms with Crippen LogP contribution in [0, 0.1) is 11.3 Å². The highest BCUT2D eigenvalue weighted by Crippen LogP contribution is 2.56. The van der Waals surface area contributed by atoms with Gasteiger partial charge in [0.1, 0.15) is 6.04 Å². The maximum atomic E-state index is 9.71. The first kappa shape index (κ1) is 14.3. The van der Waals surface area contributed by atoms with Crippen molar-refractivity contribution in [3.63, 3.8) is 0 Å². The Balaban J connectivity index is 1.64. The van der Waals surface area contributed by atoms with E-state index in [0.717, 1.165) is 13.0 Å². The predicted octanol–water partition coefficient (Wildman–Crippen LogP) is 3.93. The van der Waals surface area contributed by atoms with Crippen LogP contribution in [0.2, 0.25) is 0 Å². The van der Waals surface area contributed by atoms with Crippen molar-refractivity contribution in [2.75, 3.05) is 18.1 Å². The summed E-state index contributed by atoms with van der Waals surface area (Å²) in [6.07, 6.45) is 3.24. The first-order chi connectivity index (χ1) is 11.3. The molecule has 0 amide bonds. The molecule has 0 saturated carbocycles. The Hall–Kier alpha value is -1.09. The van der Waals surface area contributed by atoms with E-state index in [1.54, 1.807) is 0 Å². The third kappa shape index (κ3) is 2.08. The molecule has 0 unspecified atom stereocenters. The molecule has 2 atom stereocenters. The van der Waals surface area contributed by atoms with E-state index in [4.69, 9.17) is 0 Å². The number of nitriles is 1. The third-order valence-electron chi connectivity index (χ3n) is 5.60. The number of rotatable bonds is 0. The SMILES string of the molecule is N#C[C@@H]1Cc2c([nH]c3ccccc23)[C@H]2CC3(CCN12)SCCS3. The Morgan fingerprint density at radius 3 is 2.91 bits per heavy atom. The molecule has 2 aromatic rings. The van der Waals surface area contributed by atoms with E-state index in [1.165, 1.54) is 46.5 Å². The van der Waals surface area contributed by atoms with Crippen LogP contribution >= 0.6 is 23.5 Å². The van der Waals surface area contributed by atoms with Gasteiger partial charge in [0.2, 0.25) is 0 Å². The summed E-state index contributed by atoms with van der Waals surface area (Å²) in [6.45, 7) is 1.05.